The van der Waals surface area contributed by atoms with Crippen molar-refractivity contribution < 1.29 is 71.3 Å². The summed E-state index contributed by atoms with van der Waals surface area (Å²) in [7, 11) is 0. The second-order valence-electron chi connectivity index (χ2n) is 27.9. The summed E-state index contributed by atoms with van der Waals surface area (Å²) in [6, 6.07) is 38.9. The van der Waals surface area contributed by atoms with Gasteiger partial charge < -0.3 is 43.7 Å². The minimum Gasteiger partial charge on any atom is -0.507 e. The molecule has 0 amide bonds. The van der Waals surface area contributed by atoms with E-state index in [0.717, 1.165) is 39.5 Å². The summed E-state index contributed by atoms with van der Waals surface area (Å²) in [5, 5.41) is 45.9. The van der Waals surface area contributed by atoms with Gasteiger partial charge in [0.15, 0.2) is 35.3 Å². The average molecular weight is 1580 g/mol. The molecule has 0 aliphatic heterocycles. The van der Waals surface area contributed by atoms with Gasteiger partial charge in [0.1, 0.15) is 45.0 Å². The zero-order valence-electron chi connectivity index (χ0n) is 62.0. The highest BCUT2D eigenvalue weighted by atomic mass is 79.9. The van der Waals surface area contributed by atoms with Crippen LogP contribution in [0.25, 0.3) is 84.2 Å². The maximum absolute atomic E-state index is 14.1. The molecule has 6 aromatic heterocycles. The molecular formula is C81H81BrCl2F3N9O12. The number of esters is 3. The Hall–Kier alpha value is -10.3. The lowest BCUT2D eigenvalue weighted by Crippen LogP contribution is -2.30. The zero-order valence-corrected chi connectivity index (χ0v) is 65.1. The van der Waals surface area contributed by atoms with Crippen LogP contribution in [-0.4, -0.2) is 114 Å². The molecule has 12 rings (SSSR count). The molecular weight excluding hydrogens is 1500 g/mol. The van der Waals surface area contributed by atoms with Crippen LogP contribution in [0.4, 0.5) is 13.2 Å². The fraction of sp³-hybridized carbons (Fsp3) is 0.296. The van der Waals surface area contributed by atoms with Gasteiger partial charge in [0.2, 0.25) is 0 Å². The highest BCUT2D eigenvalue weighted by Crippen LogP contribution is 2.43. The topological polar surface area (TPSA) is 258 Å². The number of carbonyl (C=O) groups excluding carboxylic acids is 3. The average Bonchev–Trinajstić information content (AvgIpc) is 1.52. The molecule has 0 fully saturated rings. The first-order chi connectivity index (χ1) is 50.9. The molecule has 21 nitrogen and oxygen atoms in total. The number of phenolic OH excluding ortho intramolecular Hbond substituents is 3. The summed E-state index contributed by atoms with van der Waals surface area (Å²) in [5.74, 6) is -4.14. The molecule has 6 heterocycles. The van der Waals surface area contributed by atoms with Crippen molar-refractivity contribution in [1.29, 1.82) is 0 Å². The van der Waals surface area contributed by atoms with E-state index in [9.17, 15) is 42.9 Å². The zero-order chi connectivity index (χ0) is 78.6. The Kier molecular flexibility index (Phi) is 24.6. The lowest BCUT2D eigenvalue weighted by molar-refractivity contribution is -0.167. The normalized spacial score (nSPS) is 12.6. The van der Waals surface area contributed by atoms with Gasteiger partial charge in [-0.3, -0.25) is 0 Å². The summed E-state index contributed by atoms with van der Waals surface area (Å²) in [6.45, 7) is 27.5. The number of aromatic nitrogens is 9. The van der Waals surface area contributed by atoms with Gasteiger partial charge >= 0.3 is 17.9 Å². The fourth-order valence-electron chi connectivity index (χ4n) is 11.8. The van der Waals surface area contributed by atoms with E-state index in [0.29, 0.717) is 89.9 Å². The molecule has 0 radical (unpaired) electrons. The first kappa shape index (κ1) is 80.3. The van der Waals surface area contributed by atoms with Crippen molar-refractivity contribution in [3.05, 3.63) is 212 Å². The van der Waals surface area contributed by atoms with E-state index in [-0.39, 0.29) is 58.6 Å². The number of rotatable bonds is 18. The van der Waals surface area contributed by atoms with Crippen LogP contribution in [-0.2, 0) is 42.8 Å². The molecule has 564 valence electrons. The summed E-state index contributed by atoms with van der Waals surface area (Å²) in [5.41, 5.74) is 8.99. The van der Waals surface area contributed by atoms with Gasteiger partial charge in [0.05, 0.1) is 70.5 Å². The molecule has 0 aliphatic rings. The molecule has 0 unspecified atom stereocenters. The Labute approximate surface area is 640 Å². The number of ether oxygens (including phenoxy) is 6. The third kappa shape index (κ3) is 18.6. The van der Waals surface area contributed by atoms with E-state index in [1.165, 1.54) is 49.9 Å². The number of nitrogens with zero attached hydrogens (tertiary/aromatic N) is 9. The van der Waals surface area contributed by atoms with Crippen LogP contribution in [0.3, 0.4) is 0 Å². The van der Waals surface area contributed by atoms with E-state index < -0.39 is 70.5 Å². The molecule has 0 bridgehead atoms. The van der Waals surface area contributed by atoms with Crippen LogP contribution in [0.15, 0.2) is 150 Å². The van der Waals surface area contributed by atoms with E-state index >= 15 is 0 Å². The van der Waals surface area contributed by atoms with Gasteiger partial charge in [-0.25, -0.2) is 56.1 Å². The first-order valence-electron chi connectivity index (χ1n) is 34.4. The standard InChI is InChI=1S/C33H31F2N3O5.C27H27ClFN3O4.C21H23BrClN3O3/c1-6-42-32(41)31(43-33(3,4)5)29-18(2)36-28-17-25(37-38(28)30(29)24-13-11-22(35)16-27(24)40)20-9-7-8-19(14-20)23-12-10-21(34)15-26(23)39;1-6-35-26(34)24(36-27(3,4)5)23-15(2)30-22-14-20(31-32(22)25(23)28)17-9-7-8-16(12-17)19-11-10-18(29)13-21(19)33;1-6-28-20(27)18(29-21(3,4)5)17-12(2)24-16-11-15(25-26(16)19(17)23)13-8-7-9-14(22)10-13/h7-17,31,39-40H,6H2,1-5H3;7-14,24,33H,6H2,1-5H3;7-11,18H,6H2,1-5H3/t31-;24-;18-/m000/s1. The van der Waals surface area contributed by atoms with Crippen molar-refractivity contribution in [1.82, 2.24) is 43.8 Å². The molecule has 27 heteroatoms. The summed E-state index contributed by atoms with van der Waals surface area (Å²) in [6.07, 6.45) is -3.32. The van der Waals surface area contributed by atoms with Crippen LogP contribution >= 0.6 is 39.1 Å². The van der Waals surface area contributed by atoms with E-state index in [1.54, 1.807) is 92.6 Å². The highest BCUT2D eigenvalue weighted by Gasteiger charge is 2.38. The van der Waals surface area contributed by atoms with Gasteiger partial charge in [-0.1, -0.05) is 87.7 Å². The van der Waals surface area contributed by atoms with Crippen molar-refractivity contribution in [2.24, 2.45) is 0 Å². The minimum atomic E-state index is -1.24. The van der Waals surface area contributed by atoms with Crippen LogP contribution < -0.4 is 0 Å². The largest absolute Gasteiger partial charge is 0.507 e. The molecule has 3 atom stereocenters. The predicted octanol–water partition coefficient (Wildman–Crippen LogP) is 19.0. The number of carbonyl (C=O) groups is 3. The minimum absolute atomic E-state index is 0.112. The first-order valence-corrected chi connectivity index (χ1v) is 36.0. The predicted molar refractivity (Wildman–Crippen MR) is 409 cm³/mol. The number of halogens is 6. The quantitative estimate of drug-likeness (QED) is 0.0410. The van der Waals surface area contributed by atoms with Crippen LogP contribution in [0, 0.1) is 38.2 Å². The number of fused-ring (bicyclic) bond motifs is 3. The number of benzene rings is 6. The van der Waals surface area contributed by atoms with Gasteiger partial charge in [0, 0.05) is 96.9 Å². The van der Waals surface area contributed by atoms with Crippen molar-refractivity contribution in [3.8, 4) is 84.5 Å². The maximum Gasteiger partial charge on any atom is 0.340 e. The van der Waals surface area contributed by atoms with Crippen LogP contribution in [0.5, 0.6) is 17.2 Å². The van der Waals surface area contributed by atoms with E-state index in [2.05, 4.69) is 36.1 Å². The maximum atomic E-state index is 14.1. The summed E-state index contributed by atoms with van der Waals surface area (Å²) >= 11 is 17.0. The van der Waals surface area contributed by atoms with Crippen molar-refractivity contribution in [2.45, 2.75) is 139 Å². The van der Waals surface area contributed by atoms with Gasteiger partial charge in [-0.2, -0.15) is 15.3 Å². The van der Waals surface area contributed by atoms with Crippen molar-refractivity contribution in [2.75, 3.05) is 19.8 Å². The fourth-order valence-corrected chi connectivity index (χ4v) is 13.0. The van der Waals surface area contributed by atoms with Gasteiger partial charge in [0.25, 0.3) is 0 Å². The molecule has 0 aliphatic carbocycles. The lowest BCUT2D eigenvalue weighted by Gasteiger charge is -2.28. The van der Waals surface area contributed by atoms with Crippen LogP contribution in [0.2, 0.25) is 10.3 Å². The van der Waals surface area contributed by atoms with Gasteiger partial charge in [-0.15, -0.1) is 0 Å². The molecule has 3 N–H and O–H groups in total. The second-order valence-corrected chi connectivity index (χ2v) is 29.5. The van der Waals surface area contributed by atoms with E-state index in [1.807, 2.05) is 102 Å². The van der Waals surface area contributed by atoms with E-state index in [4.69, 9.17) is 61.7 Å². The van der Waals surface area contributed by atoms with Gasteiger partial charge in [-0.05, 0) is 176 Å². The highest BCUT2D eigenvalue weighted by molar-refractivity contribution is 9.10. The molecule has 6 aromatic carbocycles. The third-order valence-electron chi connectivity index (χ3n) is 16.3. The smallest absolute Gasteiger partial charge is 0.340 e. The second kappa shape index (κ2) is 33.1. The SMILES string of the molecule is CCOC(=O)[C@@H](OC(C)(C)C)c1c(C)nc2cc(-c3cccc(-c4ccc(F)cc4O)c3)nn2c1-c1ccc(F)cc1O.CCOC(=O)[C@@H](OC(C)(C)C)c1c(C)nc2cc(-c3cccc(-c4ccc(F)cc4O)c3)nn2c1Cl.CCOC(=O)[C@@H](OC(C)(C)C)c1c(C)nc2cc(-c3cccc(Br)c3)nn2c1Cl. The van der Waals surface area contributed by atoms with Crippen LogP contribution in [0.1, 0.15) is 135 Å². The lowest BCUT2D eigenvalue weighted by atomic mass is 9.98. The number of aryl methyl sites for hydroxylation is 3. The molecule has 0 spiro atoms. The van der Waals surface area contributed by atoms with Crippen molar-refractivity contribution >= 4 is 74.0 Å². The Morgan fingerprint density at radius 3 is 1.07 bits per heavy atom. The molecule has 0 saturated heterocycles. The molecule has 108 heavy (non-hydrogen) atoms. The Morgan fingerprint density at radius 1 is 0.426 bits per heavy atom. The third-order valence-corrected chi connectivity index (χ3v) is 17.5. The van der Waals surface area contributed by atoms with Crippen molar-refractivity contribution in [3.63, 3.8) is 0 Å². The number of phenols is 3. The Balaban J connectivity index is 0.000000176. The Bertz CT molecular complexity index is 5380. The number of hydrogen-bond acceptors (Lipinski definition) is 18. The number of aromatic hydroxyl groups is 3. The molecule has 12 aromatic rings. The molecule has 0 saturated carbocycles. The summed E-state index contributed by atoms with van der Waals surface area (Å²) in [4.78, 5) is 52.7. The monoisotopic (exact) mass is 1580 g/mol. The Morgan fingerprint density at radius 2 is 0.731 bits per heavy atom. The number of hydrogen-bond donors (Lipinski definition) is 3. The summed E-state index contributed by atoms with van der Waals surface area (Å²) < 4.78 is 80.6.